The number of amides is 1. The maximum Gasteiger partial charge on any atom is 0.273 e. The summed E-state index contributed by atoms with van der Waals surface area (Å²) in [5.74, 6) is 0.0300. The summed E-state index contributed by atoms with van der Waals surface area (Å²) in [6.07, 6.45) is 0. The molecule has 1 aromatic heterocycles. The van der Waals surface area contributed by atoms with E-state index >= 15 is 0 Å². The molecule has 24 heavy (non-hydrogen) atoms. The second kappa shape index (κ2) is 7.25. The SMILES string of the molecule is Cc1nn(C)c(C(=O)N2CCN(Cc3ccccc3Cl)CC2)c1Br. The third-order valence-corrected chi connectivity index (χ3v) is 5.68. The van der Waals surface area contributed by atoms with Crippen LogP contribution in [0.2, 0.25) is 5.02 Å². The molecule has 1 aromatic carbocycles. The Morgan fingerprint density at radius 1 is 1.25 bits per heavy atom. The first-order valence-electron chi connectivity index (χ1n) is 7.91. The number of carbonyl (C=O) groups excluding carboxylic acids is 1. The summed E-state index contributed by atoms with van der Waals surface area (Å²) in [5, 5.41) is 5.10. The van der Waals surface area contributed by atoms with Gasteiger partial charge in [0, 0.05) is 44.8 Å². The fourth-order valence-electron chi connectivity index (χ4n) is 2.99. The van der Waals surface area contributed by atoms with Crippen molar-refractivity contribution in [2.75, 3.05) is 26.2 Å². The van der Waals surface area contributed by atoms with Gasteiger partial charge in [0.15, 0.2) is 0 Å². The van der Waals surface area contributed by atoms with Gasteiger partial charge in [-0.2, -0.15) is 5.10 Å². The standard InChI is InChI=1S/C17H20BrClN4O/c1-12-15(18)16(21(2)20-12)17(24)23-9-7-22(8-10-23)11-13-5-3-4-6-14(13)19/h3-6H,7-11H2,1-2H3. The Morgan fingerprint density at radius 3 is 2.50 bits per heavy atom. The number of nitrogens with zero attached hydrogens (tertiary/aromatic N) is 4. The Hall–Kier alpha value is -1.37. The molecule has 0 radical (unpaired) electrons. The van der Waals surface area contributed by atoms with E-state index in [1.807, 2.05) is 30.0 Å². The van der Waals surface area contributed by atoms with Crippen LogP contribution in [0.4, 0.5) is 0 Å². The molecule has 2 heterocycles. The molecule has 7 heteroatoms. The van der Waals surface area contributed by atoms with E-state index in [0.717, 1.165) is 40.4 Å². The number of piperazine rings is 1. The largest absolute Gasteiger partial charge is 0.335 e. The molecule has 0 unspecified atom stereocenters. The summed E-state index contributed by atoms with van der Waals surface area (Å²) in [6, 6.07) is 7.91. The van der Waals surface area contributed by atoms with E-state index in [1.54, 1.807) is 11.7 Å². The Bertz CT molecular complexity index is 753. The molecule has 0 spiro atoms. The molecule has 128 valence electrons. The van der Waals surface area contributed by atoms with E-state index < -0.39 is 0 Å². The number of benzene rings is 1. The Labute approximate surface area is 155 Å². The fourth-order valence-corrected chi connectivity index (χ4v) is 3.69. The molecule has 5 nitrogen and oxygen atoms in total. The predicted octanol–water partition coefficient (Wildman–Crippen LogP) is 3.10. The predicted molar refractivity (Wildman–Crippen MR) is 98.3 cm³/mol. The highest BCUT2D eigenvalue weighted by molar-refractivity contribution is 9.10. The van der Waals surface area contributed by atoms with E-state index in [9.17, 15) is 4.79 Å². The second-order valence-corrected chi connectivity index (χ2v) is 7.23. The zero-order valence-electron chi connectivity index (χ0n) is 13.8. The van der Waals surface area contributed by atoms with Crippen LogP contribution in [0.1, 0.15) is 21.7 Å². The molecule has 0 aliphatic carbocycles. The highest BCUT2D eigenvalue weighted by atomic mass is 79.9. The summed E-state index contributed by atoms with van der Waals surface area (Å²) < 4.78 is 2.44. The number of aryl methyl sites for hydroxylation is 2. The van der Waals surface area contributed by atoms with Gasteiger partial charge < -0.3 is 4.90 Å². The molecule has 1 saturated heterocycles. The number of hydrogen-bond donors (Lipinski definition) is 0. The number of aromatic nitrogens is 2. The van der Waals surface area contributed by atoms with Gasteiger partial charge in [0.05, 0.1) is 10.2 Å². The van der Waals surface area contributed by atoms with Crippen LogP contribution in [-0.4, -0.2) is 51.7 Å². The number of carbonyl (C=O) groups is 1. The van der Waals surface area contributed by atoms with Crippen molar-refractivity contribution < 1.29 is 4.79 Å². The number of rotatable bonds is 3. The van der Waals surface area contributed by atoms with Crippen molar-refractivity contribution in [1.29, 1.82) is 0 Å². The van der Waals surface area contributed by atoms with E-state index in [2.05, 4.69) is 32.0 Å². The van der Waals surface area contributed by atoms with Crippen LogP contribution in [0.15, 0.2) is 28.7 Å². The van der Waals surface area contributed by atoms with Gasteiger partial charge in [-0.25, -0.2) is 0 Å². The Morgan fingerprint density at radius 2 is 1.92 bits per heavy atom. The Balaban J connectivity index is 1.63. The topological polar surface area (TPSA) is 41.4 Å². The average Bonchev–Trinajstić information content (AvgIpc) is 2.82. The highest BCUT2D eigenvalue weighted by Crippen LogP contribution is 2.23. The van der Waals surface area contributed by atoms with Crippen LogP contribution in [-0.2, 0) is 13.6 Å². The molecule has 0 saturated carbocycles. The van der Waals surface area contributed by atoms with Crippen molar-refractivity contribution in [3.63, 3.8) is 0 Å². The molecule has 1 amide bonds. The van der Waals surface area contributed by atoms with E-state index in [0.29, 0.717) is 18.8 Å². The molecule has 2 aromatic rings. The summed E-state index contributed by atoms with van der Waals surface area (Å²) in [6.45, 7) is 5.80. The molecular formula is C17H20BrClN4O. The van der Waals surface area contributed by atoms with Crippen molar-refractivity contribution in [2.45, 2.75) is 13.5 Å². The van der Waals surface area contributed by atoms with E-state index in [4.69, 9.17) is 11.6 Å². The van der Waals surface area contributed by atoms with Crippen LogP contribution in [0.25, 0.3) is 0 Å². The Kier molecular flexibility index (Phi) is 5.27. The van der Waals surface area contributed by atoms with Crippen LogP contribution in [0.5, 0.6) is 0 Å². The molecule has 0 atom stereocenters. The number of hydrogen-bond acceptors (Lipinski definition) is 3. The van der Waals surface area contributed by atoms with Crippen molar-refractivity contribution >= 4 is 33.4 Å². The van der Waals surface area contributed by atoms with Crippen LogP contribution in [0.3, 0.4) is 0 Å². The van der Waals surface area contributed by atoms with Gasteiger partial charge >= 0.3 is 0 Å². The lowest BCUT2D eigenvalue weighted by atomic mass is 10.2. The van der Waals surface area contributed by atoms with Gasteiger partial charge in [-0.1, -0.05) is 29.8 Å². The quantitative estimate of drug-likeness (QED) is 0.779. The van der Waals surface area contributed by atoms with Gasteiger partial charge in [-0.15, -0.1) is 0 Å². The second-order valence-electron chi connectivity index (χ2n) is 6.03. The minimum absolute atomic E-state index is 0.0300. The zero-order chi connectivity index (χ0) is 17.3. The average molecular weight is 412 g/mol. The lowest BCUT2D eigenvalue weighted by Crippen LogP contribution is -2.48. The molecule has 0 N–H and O–H groups in total. The minimum atomic E-state index is 0.0300. The van der Waals surface area contributed by atoms with Gasteiger partial charge in [-0.3, -0.25) is 14.4 Å². The van der Waals surface area contributed by atoms with Crippen LogP contribution in [0, 0.1) is 6.92 Å². The van der Waals surface area contributed by atoms with Crippen LogP contribution < -0.4 is 0 Å². The maximum absolute atomic E-state index is 12.8. The summed E-state index contributed by atoms with van der Waals surface area (Å²) >= 11 is 9.71. The molecule has 1 aliphatic heterocycles. The normalized spacial score (nSPS) is 15.8. The minimum Gasteiger partial charge on any atom is -0.335 e. The lowest BCUT2D eigenvalue weighted by Gasteiger charge is -2.34. The van der Waals surface area contributed by atoms with Gasteiger partial charge in [0.1, 0.15) is 5.69 Å². The van der Waals surface area contributed by atoms with E-state index in [-0.39, 0.29) is 5.91 Å². The highest BCUT2D eigenvalue weighted by Gasteiger charge is 2.27. The van der Waals surface area contributed by atoms with Crippen molar-refractivity contribution in [1.82, 2.24) is 19.6 Å². The summed E-state index contributed by atoms with van der Waals surface area (Å²) in [4.78, 5) is 17.0. The van der Waals surface area contributed by atoms with Crippen molar-refractivity contribution in [3.05, 3.63) is 50.7 Å². The first-order chi connectivity index (χ1) is 11.5. The molecule has 3 rings (SSSR count). The number of halogens is 2. The van der Waals surface area contributed by atoms with Crippen LogP contribution >= 0.6 is 27.5 Å². The van der Waals surface area contributed by atoms with Gasteiger partial charge in [0.25, 0.3) is 5.91 Å². The third-order valence-electron chi connectivity index (χ3n) is 4.36. The smallest absolute Gasteiger partial charge is 0.273 e. The molecule has 1 fully saturated rings. The molecule has 1 aliphatic rings. The summed E-state index contributed by atoms with van der Waals surface area (Å²) in [7, 11) is 1.80. The zero-order valence-corrected chi connectivity index (χ0v) is 16.1. The third kappa shape index (κ3) is 3.50. The monoisotopic (exact) mass is 410 g/mol. The first-order valence-corrected chi connectivity index (χ1v) is 9.08. The van der Waals surface area contributed by atoms with Crippen molar-refractivity contribution in [3.8, 4) is 0 Å². The van der Waals surface area contributed by atoms with E-state index in [1.165, 1.54) is 0 Å². The maximum atomic E-state index is 12.8. The fraction of sp³-hybridized carbons (Fsp3) is 0.412. The van der Waals surface area contributed by atoms with Gasteiger partial charge in [-0.05, 0) is 34.5 Å². The first kappa shape index (κ1) is 17.5. The molecule has 0 bridgehead atoms. The van der Waals surface area contributed by atoms with Gasteiger partial charge in [0.2, 0.25) is 0 Å². The molecular weight excluding hydrogens is 392 g/mol. The lowest BCUT2D eigenvalue weighted by molar-refractivity contribution is 0.0617. The summed E-state index contributed by atoms with van der Waals surface area (Å²) in [5.41, 5.74) is 2.58. The van der Waals surface area contributed by atoms with Crippen molar-refractivity contribution in [2.24, 2.45) is 7.05 Å².